The van der Waals surface area contributed by atoms with Crippen LogP contribution in [0.1, 0.15) is 19.4 Å². The van der Waals surface area contributed by atoms with Gasteiger partial charge in [-0.1, -0.05) is 12.1 Å². The van der Waals surface area contributed by atoms with Gasteiger partial charge in [0, 0.05) is 31.4 Å². The average molecular weight is 329 g/mol. The zero-order chi connectivity index (χ0) is 17.5. The lowest BCUT2D eigenvalue weighted by molar-refractivity contribution is -0.114. The molecule has 0 saturated carbocycles. The smallest absolute Gasteiger partial charge is 0.322 e. The monoisotopic (exact) mass is 329 g/mol. The van der Waals surface area contributed by atoms with E-state index in [4.69, 9.17) is 0 Å². The van der Waals surface area contributed by atoms with E-state index in [0.29, 0.717) is 24.5 Å². The Morgan fingerprint density at radius 2 is 1.67 bits per heavy atom. The summed E-state index contributed by atoms with van der Waals surface area (Å²) >= 11 is 0. The Morgan fingerprint density at radius 1 is 1.04 bits per heavy atom. The summed E-state index contributed by atoms with van der Waals surface area (Å²) in [6.45, 7) is 4.11. The van der Waals surface area contributed by atoms with Crippen molar-refractivity contribution in [1.29, 1.82) is 0 Å². The van der Waals surface area contributed by atoms with E-state index in [0.717, 1.165) is 5.56 Å². The highest BCUT2D eigenvalue weighted by molar-refractivity contribution is 5.91. The van der Waals surface area contributed by atoms with Crippen LogP contribution in [0.4, 0.5) is 20.6 Å². The van der Waals surface area contributed by atoms with Crippen LogP contribution in [0.3, 0.4) is 0 Å². The molecule has 0 aliphatic heterocycles. The second-order valence-corrected chi connectivity index (χ2v) is 5.33. The molecular formula is C18H20FN3O2. The van der Waals surface area contributed by atoms with Gasteiger partial charge in [-0.15, -0.1) is 0 Å². The Hall–Kier alpha value is -2.89. The van der Waals surface area contributed by atoms with Crippen LogP contribution in [0.5, 0.6) is 0 Å². The van der Waals surface area contributed by atoms with Gasteiger partial charge in [-0.05, 0) is 48.9 Å². The van der Waals surface area contributed by atoms with Crippen molar-refractivity contribution >= 4 is 23.3 Å². The highest BCUT2D eigenvalue weighted by Crippen LogP contribution is 2.15. The molecule has 0 aliphatic carbocycles. The van der Waals surface area contributed by atoms with E-state index >= 15 is 0 Å². The highest BCUT2D eigenvalue weighted by Gasteiger charge is 2.12. The van der Waals surface area contributed by atoms with Crippen molar-refractivity contribution in [2.45, 2.75) is 20.4 Å². The summed E-state index contributed by atoms with van der Waals surface area (Å²) in [4.78, 5) is 24.9. The summed E-state index contributed by atoms with van der Waals surface area (Å²) in [5.41, 5.74) is 2.01. The van der Waals surface area contributed by atoms with E-state index < -0.39 is 0 Å². The largest absolute Gasteiger partial charge is 0.326 e. The molecule has 0 radical (unpaired) electrons. The predicted molar refractivity (Wildman–Crippen MR) is 92.2 cm³/mol. The fourth-order valence-corrected chi connectivity index (χ4v) is 2.23. The summed E-state index contributed by atoms with van der Waals surface area (Å²) in [5, 5.41) is 5.45. The number of anilines is 2. The third-order valence-electron chi connectivity index (χ3n) is 3.39. The Morgan fingerprint density at radius 3 is 2.21 bits per heavy atom. The summed E-state index contributed by atoms with van der Waals surface area (Å²) in [7, 11) is 0. The molecule has 0 fully saturated rings. The maximum atomic E-state index is 13.2. The van der Waals surface area contributed by atoms with E-state index in [1.54, 1.807) is 41.3 Å². The third-order valence-corrected chi connectivity index (χ3v) is 3.39. The number of nitrogens with zero attached hydrogens (tertiary/aromatic N) is 1. The van der Waals surface area contributed by atoms with E-state index in [2.05, 4.69) is 10.6 Å². The number of hydrogen-bond donors (Lipinski definition) is 2. The Bertz CT molecular complexity index is 716. The molecule has 0 atom stereocenters. The molecule has 0 spiro atoms. The molecule has 0 bridgehead atoms. The molecule has 2 N–H and O–H groups in total. The van der Waals surface area contributed by atoms with Gasteiger partial charge in [0.25, 0.3) is 0 Å². The van der Waals surface area contributed by atoms with Crippen LogP contribution < -0.4 is 10.6 Å². The SMILES string of the molecule is CCN(Cc1cccc(F)c1)C(=O)Nc1ccc(NC(C)=O)cc1. The van der Waals surface area contributed by atoms with Gasteiger partial charge in [0.15, 0.2) is 0 Å². The summed E-state index contributed by atoms with van der Waals surface area (Å²) in [6, 6.07) is 12.7. The number of carbonyl (C=O) groups is 2. The van der Waals surface area contributed by atoms with Crippen molar-refractivity contribution in [3.05, 3.63) is 59.9 Å². The molecule has 0 saturated heterocycles. The number of benzene rings is 2. The molecule has 126 valence electrons. The van der Waals surface area contributed by atoms with Crippen molar-refractivity contribution < 1.29 is 14.0 Å². The molecule has 0 unspecified atom stereocenters. The number of amides is 3. The lowest BCUT2D eigenvalue weighted by Gasteiger charge is -2.21. The van der Waals surface area contributed by atoms with E-state index in [9.17, 15) is 14.0 Å². The van der Waals surface area contributed by atoms with Crippen molar-refractivity contribution in [2.75, 3.05) is 17.2 Å². The molecular weight excluding hydrogens is 309 g/mol. The maximum absolute atomic E-state index is 13.2. The lowest BCUT2D eigenvalue weighted by atomic mass is 10.2. The van der Waals surface area contributed by atoms with Gasteiger partial charge in [0.2, 0.25) is 5.91 Å². The third kappa shape index (κ3) is 5.08. The van der Waals surface area contributed by atoms with Crippen LogP contribution in [0.2, 0.25) is 0 Å². The van der Waals surface area contributed by atoms with Gasteiger partial charge in [0.05, 0.1) is 0 Å². The van der Waals surface area contributed by atoms with Gasteiger partial charge in [0.1, 0.15) is 5.82 Å². The number of hydrogen-bond acceptors (Lipinski definition) is 2. The van der Waals surface area contributed by atoms with Crippen molar-refractivity contribution in [3.63, 3.8) is 0 Å². The average Bonchev–Trinajstić information content (AvgIpc) is 2.54. The molecule has 5 nitrogen and oxygen atoms in total. The van der Waals surface area contributed by atoms with Crippen molar-refractivity contribution in [1.82, 2.24) is 4.90 Å². The minimum absolute atomic E-state index is 0.154. The van der Waals surface area contributed by atoms with E-state index in [1.165, 1.54) is 19.1 Å². The fourth-order valence-electron chi connectivity index (χ4n) is 2.23. The van der Waals surface area contributed by atoms with Crippen LogP contribution in [0.15, 0.2) is 48.5 Å². The van der Waals surface area contributed by atoms with Crippen LogP contribution >= 0.6 is 0 Å². The fraction of sp³-hybridized carbons (Fsp3) is 0.222. The first-order valence-corrected chi connectivity index (χ1v) is 7.66. The van der Waals surface area contributed by atoms with Crippen LogP contribution in [0.25, 0.3) is 0 Å². The zero-order valence-corrected chi connectivity index (χ0v) is 13.7. The molecule has 0 heterocycles. The number of carbonyl (C=O) groups excluding carboxylic acids is 2. The first-order chi connectivity index (χ1) is 11.5. The van der Waals surface area contributed by atoms with Gasteiger partial charge < -0.3 is 15.5 Å². The molecule has 24 heavy (non-hydrogen) atoms. The Kier molecular flexibility index (Phi) is 5.89. The lowest BCUT2D eigenvalue weighted by Crippen LogP contribution is -2.34. The number of rotatable bonds is 5. The number of urea groups is 1. The summed E-state index contributed by atoms with van der Waals surface area (Å²) < 4.78 is 13.2. The first kappa shape index (κ1) is 17.5. The topological polar surface area (TPSA) is 61.4 Å². The first-order valence-electron chi connectivity index (χ1n) is 7.66. The quantitative estimate of drug-likeness (QED) is 0.875. The molecule has 3 amide bonds. The molecule has 2 aromatic carbocycles. The number of halogens is 1. The number of nitrogens with one attached hydrogen (secondary N) is 2. The minimum Gasteiger partial charge on any atom is -0.326 e. The van der Waals surface area contributed by atoms with E-state index in [1.807, 2.05) is 6.92 Å². The predicted octanol–water partition coefficient (Wildman–Crippen LogP) is 3.84. The Labute approximate surface area is 140 Å². The van der Waals surface area contributed by atoms with Crippen LogP contribution in [-0.2, 0) is 11.3 Å². The van der Waals surface area contributed by atoms with Crippen LogP contribution in [-0.4, -0.2) is 23.4 Å². The second-order valence-electron chi connectivity index (χ2n) is 5.33. The van der Waals surface area contributed by atoms with Gasteiger partial charge >= 0.3 is 6.03 Å². The second kappa shape index (κ2) is 8.10. The normalized spacial score (nSPS) is 10.1. The van der Waals surface area contributed by atoms with Crippen molar-refractivity contribution in [3.8, 4) is 0 Å². The highest BCUT2D eigenvalue weighted by atomic mass is 19.1. The molecule has 2 rings (SSSR count). The van der Waals surface area contributed by atoms with Gasteiger partial charge in [-0.2, -0.15) is 0 Å². The Balaban J connectivity index is 1.99. The maximum Gasteiger partial charge on any atom is 0.322 e. The van der Waals surface area contributed by atoms with Crippen molar-refractivity contribution in [2.24, 2.45) is 0 Å². The van der Waals surface area contributed by atoms with Gasteiger partial charge in [-0.25, -0.2) is 9.18 Å². The molecule has 0 aliphatic rings. The van der Waals surface area contributed by atoms with Gasteiger partial charge in [-0.3, -0.25) is 4.79 Å². The standard InChI is InChI=1S/C18H20FN3O2/c1-3-22(12-14-5-4-6-15(19)11-14)18(24)21-17-9-7-16(8-10-17)20-13(2)23/h4-11H,3,12H2,1-2H3,(H,20,23)(H,21,24). The van der Waals surface area contributed by atoms with E-state index in [-0.39, 0.29) is 17.8 Å². The van der Waals surface area contributed by atoms with Crippen LogP contribution in [0, 0.1) is 5.82 Å². The molecule has 2 aromatic rings. The molecule has 0 aromatic heterocycles. The minimum atomic E-state index is -0.322. The summed E-state index contributed by atoms with van der Waals surface area (Å²) in [5.74, 6) is -0.475. The zero-order valence-electron chi connectivity index (χ0n) is 13.7. The molecule has 6 heteroatoms. The summed E-state index contributed by atoms with van der Waals surface area (Å²) in [6.07, 6.45) is 0.